The quantitative estimate of drug-likeness (QED) is 0.157. The number of imidazole rings is 1. The summed E-state index contributed by atoms with van der Waals surface area (Å²) in [4.78, 5) is 9.98. The Morgan fingerprint density at radius 2 is 1.31 bits per heavy atom. The maximum absolute atomic E-state index is 12.5. The van der Waals surface area contributed by atoms with Crippen LogP contribution in [0.4, 0.5) is 0 Å². The Labute approximate surface area is 397 Å². The van der Waals surface area contributed by atoms with E-state index in [1.807, 2.05) is 148 Å². The summed E-state index contributed by atoms with van der Waals surface area (Å²) in [6.45, 7) is 8.74. The first-order chi connectivity index (χ1) is 36.1. The molecule has 2 aromatic heterocycles. The van der Waals surface area contributed by atoms with Crippen molar-refractivity contribution >= 4 is 11.0 Å². The van der Waals surface area contributed by atoms with Crippen molar-refractivity contribution in [2.45, 2.75) is 79.4 Å². The molecule has 0 aliphatic carbocycles. The van der Waals surface area contributed by atoms with Crippen molar-refractivity contribution < 1.29 is 22.9 Å². The molecular weight excluding hydrogens is 779 g/mol. The lowest BCUT2D eigenvalue weighted by molar-refractivity contribution is 0.466. The van der Waals surface area contributed by atoms with E-state index < -0.39 is 78.2 Å². The molecule has 0 fully saturated rings. The average Bonchev–Trinajstić information content (AvgIpc) is 3.78. The number of aromatic nitrogens is 3. The monoisotopic (exact) mass is 849 g/mol. The van der Waals surface area contributed by atoms with Crippen LogP contribution in [-0.4, -0.2) is 19.6 Å². The van der Waals surface area contributed by atoms with Crippen LogP contribution in [-0.2, 0) is 5.41 Å². The van der Waals surface area contributed by atoms with Gasteiger partial charge in [0.05, 0.1) is 37.6 Å². The zero-order chi connectivity index (χ0) is 56.0. The lowest BCUT2D eigenvalue weighted by Gasteiger charge is -2.22. The van der Waals surface area contributed by atoms with Gasteiger partial charge in [0, 0.05) is 31.1 Å². The molecule has 0 aliphatic rings. The topological polar surface area (TPSA) is 50.9 Å². The summed E-state index contributed by atoms with van der Waals surface area (Å²) in [7, 11) is 0. The van der Waals surface area contributed by atoms with Crippen molar-refractivity contribution in [3.63, 3.8) is 0 Å². The first-order valence-electron chi connectivity index (χ1n) is 28.0. The predicted octanol–water partition coefficient (Wildman–Crippen LogP) is 16.3. The smallest absolute Gasteiger partial charge is 0.149 e. The number of nitrogens with zero attached hydrogens (tertiary/aromatic N) is 3. The lowest BCUT2D eigenvalue weighted by Crippen LogP contribution is -2.11. The summed E-state index contributed by atoms with van der Waals surface area (Å²) in [5, 5.41) is 12.5. The van der Waals surface area contributed by atoms with Crippen LogP contribution in [0, 0.1) is 13.7 Å². The minimum Gasteiger partial charge on any atom is -0.507 e. The maximum atomic E-state index is 12.5. The van der Waals surface area contributed by atoms with Crippen molar-refractivity contribution in [3.8, 4) is 78.6 Å². The van der Waals surface area contributed by atoms with Crippen LogP contribution in [0.5, 0.6) is 5.75 Å². The molecule has 4 nitrogen and oxygen atoms in total. The second-order valence-electron chi connectivity index (χ2n) is 17.9. The van der Waals surface area contributed by atoms with Gasteiger partial charge in [-0.15, -0.1) is 0 Å². The Hall–Kier alpha value is -7.04. The molecule has 0 aliphatic heterocycles. The summed E-state index contributed by atoms with van der Waals surface area (Å²) in [5.41, 5.74) is 6.58. The molecule has 0 amide bonds. The highest BCUT2D eigenvalue weighted by Gasteiger charge is 2.26. The molecule has 0 saturated heterocycles. The molecule has 4 heteroatoms. The number of hydrogen-bond donors (Lipinski definition) is 1. The zero-order valence-corrected chi connectivity index (χ0v) is 37.0. The number of fused-ring (bicyclic) bond motifs is 1. The van der Waals surface area contributed by atoms with E-state index in [0.717, 1.165) is 22.3 Å². The first-order valence-corrected chi connectivity index (χ1v) is 21.5. The highest BCUT2D eigenvalue weighted by Crippen LogP contribution is 2.45. The van der Waals surface area contributed by atoms with Gasteiger partial charge >= 0.3 is 0 Å². The van der Waals surface area contributed by atoms with Crippen LogP contribution >= 0.6 is 0 Å². The van der Waals surface area contributed by atoms with E-state index in [-0.39, 0.29) is 28.8 Å². The highest BCUT2D eigenvalue weighted by molar-refractivity contribution is 5.98. The number of rotatable bonds is 9. The number of hydrogen-bond acceptors (Lipinski definition) is 3. The van der Waals surface area contributed by atoms with Crippen LogP contribution in [0.2, 0.25) is 0 Å². The van der Waals surface area contributed by atoms with Crippen molar-refractivity contribution in [1.82, 2.24) is 14.5 Å². The van der Waals surface area contributed by atoms with Crippen LogP contribution < -0.4 is 0 Å². The van der Waals surface area contributed by atoms with Crippen LogP contribution in [0.15, 0.2) is 164 Å². The first kappa shape index (κ1) is 29.3. The number of pyridine rings is 1. The molecule has 0 bridgehead atoms. The summed E-state index contributed by atoms with van der Waals surface area (Å²) in [6, 6.07) is 33.5. The van der Waals surface area contributed by atoms with E-state index in [0.29, 0.717) is 61.5 Å². The Morgan fingerprint density at radius 1 is 0.609 bits per heavy atom. The molecule has 1 N–H and O–H groups in total. The Balaban J connectivity index is 1.40. The van der Waals surface area contributed by atoms with Crippen molar-refractivity contribution in [2.24, 2.45) is 0 Å². The molecule has 64 heavy (non-hydrogen) atoms. The van der Waals surface area contributed by atoms with E-state index in [2.05, 4.69) is 18.8 Å². The fourth-order valence-electron chi connectivity index (χ4n) is 8.23. The van der Waals surface area contributed by atoms with Gasteiger partial charge in [-0.1, -0.05) is 163 Å². The van der Waals surface area contributed by atoms with E-state index in [1.165, 1.54) is 0 Å². The second kappa shape index (κ2) is 16.9. The van der Waals surface area contributed by atoms with Crippen LogP contribution in [0.1, 0.15) is 106 Å². The molecule has 9 rings (SSSR count). The number of aromatic hydroxyl groups is 1. The standard InChI is InChI=1S/C60H57N3O/c1-37(2)45-33-50(38(3)4)58(64)53(34-45)59-62-57-49(46-30-47(32-48(31-46)60(7,8)9)54-35-44(27-28-61-54)41-25-23-39(5)24-26-41)21-16-22-55(57)63(59)56-36-51(42-17-12-10-13-18-42)40(6)29-52(56)43-19-14-11-15-20-43/h10-38,64H,1-9H3/i5D3,6D3,23D,24D,25D,26D,27D,28D,35D. The van der Waals surface area contributed by atoms with Gasteiger partial charge in [-0.2, -0.15) is 0 Å². The van der Waals surface area contributed by atoms with Gasteiger partial charge in [0.1, 0.15) is 11.6 Å². The Bertz CT molecular complexity index is 3770. The van der Waals surface area contributed by atoms with Crippen LogP contribution in [0.3, 0.4) is 0 Å². The number of benzene rings is 7. The Morgan fingerprint density at radius 3 is 1.97 bits per heavy atom. The van der Waals surface area contributed by atoms with Gasteiger partial charge in [-0.25, -0.2) is 4.98 Å². The summed E-state index contributed by atoms with van der Waals surface area (Å²) in [5.74, 6) is 0.410. The molecule has 0 spiro atoms. The van der Waals surface area contributed by atoms with Crippen LogP contribution in [0.25, 0.3) is 83.9 Å². The fraction of sp³-hybridized carbons (Fsp3) is 0.200. The molecular formula is C60H57N3O. The summed E-state index contributed by atoms with van der Waals surface area (Å²) < 4.78 is 115. The van der Waals surface area contributed by atoms with E-state index >= 15 is 0 Å². The van der Waals surface area contributed by atoms with E-state index in [9.17, 15) is 6.48 Å². The third-order valence-corrected chi connectivity index (χ3v) is 11.8. The molecule has 318 valence electrons. The maximum Gasteiger partial charge on any atom is 0.149 e. The minimum atomic E-state index is -2.99. The fourth-order valence-corrected chi connectivity index (χ4v) is 8.23. The van der Waals surface area contributed by atoms with Crippen molar-refractivity contribution in [1.29, 1.82) is 0 Å². The molecule has 2 heterocycles. The third-order valence-electron chi connectivity index (χ3n) is 11.8. The third kappa shape index (κ3) is 8.05. The molecule has 9 aromatic rings. The van der Waals surface area contributed by atoms with Gasteiger partial charge in [-0.05, 0) is 135 Å². The van der Waals surface area contributed by atoms with E-state index in [1.54, 1.807) is 12.1 Å². The summed E-state index contributed by atoms with van der Waals surface area (Å²) in [6.07, 6.45) is -0.603. The Kier molecular flexibility index (Phi) is 7.76. The molecule has 0 saturated carbocycles. The minimum absolute atomic E-state index is 0.0480. The molecule has 0 atom stereocenters. The number of phenols is 1. The number of phenolic OH excluding ortho intramolecular Hbond substituents is 1. The van der Waals surface area contributed by atoms with Crippen molar-refractivity contribution in [3.05, 3.63) is 192 Å². The molecule has 0 unspecified atom stereocenters. The lowest BCUT2D eigenvalue weighted by atomic mass is 9.83. The van der Waals surface area contributed by atoms with Gasteiger partial charge in [0.25, 0.3) is 0 Å². The number of para-hydroxylation sites is 1. The van der Waals surface area contributed by atoms with E-state index in [4.69, 9.17) is 21.4 Å². The van der Waals surface area contributed by atoms with Gasteiger partial charge in [-0.3, -0.25) is 9.55 Å². The normalized spacial score (nSPS) is 15.2. The van der Waals surface area contributed by atoms with Gasteiger partial charge in [0.15, 0.2) is 0 Å². The zero-order valence-electron chi connectivity index (χ0n) is 50.0. The summed E-state index contributed by atoms with van der Waals surface area (Å²) >= 11 is 0. The molecule has 0 radical (unpaired) electrons. The largest absolute Gasteiger partial charge is 0.507 e. The highest BCUT2D eigenvalue weighted by atomic mass is 16.3. The predicted molar refractivity (Wildman–Crippen MR) is 269 cm³/mol. The van der Waals surface area contributed by atoms with Gasteiger partial charge < -0.3 is 5.11 Å². The average molecular weight is 849 g/mol. The van der Waals surface area contributed by atoms with Gasteiger partial charge in [0.2, 0.25) is 0 Å². The second-order valence-corrected chi connectivity index (χ2v) is 17.9. The molecule has 7 aromatic carbocycles. The number of aryl methyl sites for hydroxylation is 1. The van der Waals surface area contributed by atoms with Crippen molar-refractivity contribution in [2.75, 3.05) is 0 Å². The SMILES string of the molecule is [2H]c1nc(-c2cc(-c3cccc4c3nc(-c3cc(C(C)C)cc(C(C)C)c3O)n4-c3cc(-c4ccccc4)c(C([2H])([2H])[2H])cc3-c3ccccc3)cc(C(C)(C)C)c2)c([2H])c(-c2c([2H])c([2H])c(C([2H])([2H])[2H])c([2H])c2[2H])c1[2H].